The minimum Gasteiger partial charge on any atom is -0.494 e. The van der Waals surface area contributed by atoms with Crippen LogP contribution in [-0.4, -0.2) is 53.5 Å². The Balaban J connectivity index is 1.43. The van der Waals surface area contributed by atoms with Crippen LogP contribution in [0.3, 0.4) is 0 Å². The highest BCUT2D eigenvalue weighted by molar-refractivity contribution is 7.22. The topological polar surface area (TPSA) is 83.6 Å². The summed E-state index contributed by atoms with van der Waals surface area (Å²) in [4.78, 5) is 30.9. The van der Waals surface area contributed by atoms with Gasteiger partial charge in [-0.25, -0.2) is 4.98 Å². The zero-order chi connectivity index (χ0) is 18.1. The number of fused-ring (bicyclic) bond motifs is 3. The number of rotatable bonds is 5. The first-order valence-corrected chi connectivity index (χ1v) is 9.79. The summed E-state index contributed by atoms with van der Waals surface area (Å²) >= 11 is 1.44. The van der Waals surface area contributed by atoms with Crippen LogP contribution in [0.2, 0.25) is 0 Å². The summed E-state index contributed by atoms with van der Waals surface area (Å²) in [6.07, 6.45) is 2.48. The lowest BCUT2D eigenvalue weighted by molar-refractivity contribution is -0.122. The van der Waals surface area contributed by atoms with Crippen molar-refractivity contribution in [2.24, 2.45) is 0 Å². The molecule has 7 nitrogen and oxygen atoms in total. The maximum atomic E-state index is 12.5. The van der Waals surface area contributed by atoms with Gasteiger partial charge in [-0.05, 0) is 38.0 Å². The van der Waals surface area contributed by atoms with E-state index in [1.54, 1.807) is 0 Å². The zero-order valence-electron chi connectivity index (χ0n) is 14.7. The molecule has 3 heterocycles. The van der Waals surface area contributed by atoms with E-state index < -0.39 is 0 Å². The summed E-state index contributed by atoms with van der Waals surface area (Å²) in [5.74, 6) is 0.805. The van der Waals surface area contributed by atoms with Crippen LogP contribution in [0.25, 0.3) is 10.2 Å². The first kappa shape index (κ1) is 17.2. The predicted molar refractivity (Wildman–Crippen MR) is 101 cm³/mol. The van der Waals surface area contributed by atoms with Crippen LogP contribution in [0.15, 0.2) is 18.2 Å². The second kappa shape index (κ2) is 7.20. The first-order chi connectivity index (χ1) is 12.6. The molecule has 8 heteroatoms. The van der Waals surface area contributed by atoms with Crippen LogP contribution >= 0.6 is 11.3 Å². The van der Waals surface area contributed by atoms with Crippen LogP contribution in [0.5, 0.6) is 5.75 Å². The van der Waals surface area contributed by atoms with E-state index in [9.17, 15) is 9.59 Å². The molecule has 0 spiro atoms. The van der Waals surface area contributed by atoms with Gasteiger partial charge in [0.25, 0.3) is 0 Å². The molecular weight excluding hydrogens is 352 g/mol. The van der Waals surface area contributed by atoms with Gasteiger partial charge >= 0.3 is 0 Å². The molecular formula is C18H22N4O3S. The molecule has 2 fully saturated rings. The van der Waals surface area contributed by atoms with Crippen LogP contribution in [-0.2, 0) is 9.59 Å². The molecule has 2 aliphatic heterocycles. The van der Waals surface area contributed by atoms with Gasteiger partial charge in [0.05, 0.1) is 23.4 Å². The monoisotopic (exact) mass is 374 g/mol. The van der Waals surface area contributed by atoms with Crippen molar-refractivity contribution < 1.29 is 14.3 Å². The van der Waals surface area contributed by atoms with Crippen LogP contribution < -0.4 is 15.4 Å². The molecule has 2 atom stereocenters. The minimum absolute atomic E-state index is 0.0823. The van der Waals surface area contributed by atoms with Crippen molar-refractivity contribution in [1.82, 2.24) is 15.2 Å². The minimum atomic E-state index is -0.0830. The van der Waals surface area contributed by atoms with E-state index in [4.69, 9.17) is 4.74 Å². The van der Waals surface area contributed by atoms with Gasteiger partial charge in [0.15, 0.2) is 5.13 Å². The molecule has 2 bridgehead atoms. The Bertz CT molecular complexity index is 837. The molecule has 2 saturated heterocycles. The van der Waals surface area contributed by atoms with Crippen LogP contribution in [0.1, 0.15) is 26.2 Å². The van der Waals surface area contributed by atoms with Gasteiger partial charge in [0.1, 0.15) is 5.75 Å². The fourth-order valence-electron chi connectivity index (χ4n) is 3.77. The van der Waals surface area contributed by atoms with Gasteiger partial charge in [-0.15, -0.1) is 0 Å². The molecule has 26 heavy (non-hydrogen) atoms. The third-order valence-corrected chi connectivity index (χ3v) is 5.90. The fraction of sp³-hybridized carbons (Fsp3) is 0.500. The van der Waals surface area contributed by atoms with E-state index in [2.05, 4.69) is 20.5 Å². The smallest absolute Gasteiger partial charge is 0.240 e. The normalized spacial score (nSPS) is 22.9. The number of amides is 2. The standard InChI is InChI=1S/C18H22N4O3S/c1-2-25-13-5-6-14-15(8-13)26-18(20-14)21-17(24)10-22-11-3-4-12(22)9-19-16(23)7-11/h5-6,8,11-12H,2-4,7,9-10H2,1H3,(H,19,23)(H,20,21,24). The molecule has 0 aliphatic carbocycles. The number of ether oxygens (including phenoxy) is 1. The largest absolute Gasteiger partial charge is 0.494 e. The Morgan fingerprint density at radius 2 is 2.27 bits per heavy atom. The third-order valence-electron chi connectivity index (χ3n) is 4.97. The summed E-state index contributed by atoms with van der Waals surface area (Å²) in [6, 6.07) is 6.14. The Morgan fingerprint density at radius 1 is 1.42 bits per heavy atom. The van der Waals surface area contributed by atoms with Gasteiger partial charge < -0.3 is 15.4 Å². The number of hydrogen-bond donors (Lipinski definition) is 2. The molecule has 1 aromatic carbocycles. The van der Waals surface area contributed by atoms with Crippen LogP contribution in [0.4, 0.5) is 5.13 Å². The number of nitrogens with zero attached hydrogens (tertiary/aromatic N) is 2. The Morgan fingerprint density at radius 3 is 3.12 bits per heavy atom. The van der Waals surface area contributed by atoms with Gasteiger partial charge in [-0.1, -0.05) is 11.3 Å². The summed E-state index contributed by atoms with van der Waals surface area (Å²) in [6.45, 7) is 3.49. The number of hydrogen-bond acceptors (Lipinski definition) is 6. The summed E-state index contributed by atoms with van der Waals surface area (Å²) in [5, 5.41) is 6.43. The van der Waals surface area contributed by atoms with Crippen molar-refractivity contribution in [3.05, 3.63) is 18.2 Å². The fourth-order valence-corrected chi connectivity index (χ4v) is 4.68. The van der Waals surface area contributed by atoms with Gasteiger partial charge in [0, 0.05) is 25.0 Å². The summed E-state index contributed by atoms with van der Waals surface area (Å²) in [7, 11) is 0. The number of nitrogens with one attached hydrogen (secondary N) is 2. The SMILES string of the molecule is CCOc1ccc2nc(NC(=O)CN3C4CCC3CC(=O)NC4)sc2c1. The molecule has 0 saturated carbocycles. The summed E-state index contributed by atoms with van der Waals surface area (Å²) in [5.41, 5.74) is 0.846. The second-order valence-electron chi connectivity index (χ2n) is 6.70. The molecule has 2 amide bonds. The van der Waals surface area contributed by atoms with Crippen molar-refractivity contribution in [3.63, 3.8) is 0 Å². The maximum absolute atomic E-state index is 12.5. The number of carbonyl (C=O) groups is 2. The Kier molecular flexibility index (Phi) is 4.78. The van der Waals surface area contributed by atoms with E-state index in [0.717, 1.165) is 28.8 Å². The maximum Gasteiger partial charge on any atom is 0.240 e. The second-order valence-corrected chi connectivity index (χ2v) is 7.73. The zero-order valence-corrected chi connectivity index (χ0v) is 15.5. The van der Waals surface area contributed by atoms with Gasteiger partial charge in [0.2, 0.25) is 11.8 Å². The lowest BCUT2D eigenvalue weighted by Gasteiger charge is -2.25. The average Bonchev–Trinajstić information content (AvgIpc) is 3.11. The van der Waals surface area contributed by atoms with Crippen LogP contribution in [0, 0.1) is 0 Å². The number of carbonyl (C=O) groups excluding carboxylic acids is 2. The number of benzene rings is 1. The molecule has 138 valence electrons. The molecule has 2 N–H and O–H groups in total. The van der Waals surface area contributed by atoms with E-state index in [-0.39, 0.29) is 23.9 Å². The van der Waals surface area contributed by atoms with E-state index in [0.29, 0.717) is 31.2 Å². The predicted octanol–water partition coefficient (Wildman–Crippen LogP) is 1.99. The van der Waals surface area contributed by atoms with Gasteiger partial charge in [-0.3, -0.25) is 14.5 Å². The molecule has 1 aromatic heterocycles. The van der Waals surface area contributed by atoms with E-state index in [1.807, 2.05) is 25.1 Å². The molecule has 2 aliphatic rings. The third kappa shape index (κ3) is 3.52. The number of aromatic nitrogens is 1. The number of anilines is 1. The highest BCUT2D eigenvalue weighted by Gasteiger charge is 2.38. The van der Waals surface area contributed by atoms with E-state index >= 15 is 0 Å². The first-order valence-electron chi connectivity index (χ1n) is 8.98. The van der Waals surface area contributed by atoms with Crippen molar-refractivity contribution in [2.45, 2.75) is 38.3 Å². The van der Waals surface area contributed by atoms with E-state index in [1.165, 1.54) is 11.3 Å². The van der Waals surface area contributed by atoms with Gasteiger partial charge in [-0.2, -0.15) is 0 Å². The van der Waals surface area contributed by atoms with Crippen molar-refractivity contribution in [3.8, 4) is 5.75 Å². The molecule has 2 aromatic rings. The van der Waals surface area contributed by atoms with Crippen molar-refractivity contribution in [1.29, 1.82) is 0 Å². The molecule has 0 radical (unpaired) electrons. The Labute approximate surface area is 155 Å². The lowest BCUT2D eigenvalue weighted by atomic mass is 10.1. The molecule has 2 unspecified atom stereocenters. The highest BCUT2D eigenvalue weighted by atomic mass is 32.1. The average molecular weight is 374 g/mol. The van der Waals surface area contributed by atoms with Crippen molar-refractivity contribution >= 4 is 38.5 Å². The lowest BCUT2D eigenvalue weighted by Crippen LogP contribution is -2.42. The molecule has 4 rings (SSSR count). The Hall–Kier alpha value is -2.19. The number of thiazole rings is 1. The quantitative estimate of drug-likeness (QED) is 0.836. The summed E-state index contributed by atoms with van der Waals surface area (Å²) < 4.78 is 6.49. The van der Waals surface area contributed by atoms with Crippen molar-refractivity contribution in [2.75, 3.05) is 25.0 Å². The highest BCUT2D eigenvalue weighted by Crippen LogP contribution is 2.30.